The van der Waals surface area contributed by atoms with Gasteiger partial charge < -0.3 is 10.2 Å². The fourth-order valence-corrected chi connectivity index (χ4v) is 3.59. The minimum Gasteiger partial charge on any atom is -0.338 e. The fourth-order valence-electron chi connectivity index (χ4n) is 3.07. The summed E-state index contributed by atoms with van der Waals surface area (Å²) in [5.41, 5.74) is 1.09. The molecule has 1 aromatic heterocycles. The van der Waals surface area contributed by atoms with Crippen molar-refractivity contribution in [3.8, 4) is 0 Å². The molecule has 0 spiro atoms. The number of benzene rings is 1. The maximum Gasteiger partial charge on any atom is 0.274 e. The Balaban J connectivity index is 1.75. The molecule has 3 rings (SSSR count). The Bertz CT molecular complexity index is 821. The Morgan fingerprint density at radius 2 is 1.92 bits per heavy atom. The monoisotopic (exact) mass is 391 g/mol. The van der Waals surface area contributed by atoms with Crippen LogP contribution in [0.1, 0.15) is 40.6 Å². The molecule has 136 valence electrons. The van der Waals surface area contributed by atoms with Crippen LogP contribution >= 0.6 is 23.2 Å². The Labute approximate surface area is 162 Å². The van der Waals surface area contributed by atoms with Crippen LogP contribution in [0.3, 0.4) is 0 Å². The zero-order valence-electron chi connectivity index (χ0n) is 14.3. The van der Waals surface area contributed by atoms with Crippen LogP contribution < -0.4 is 5.32 Å². The molecular weight excluding hydrogens is 373 g/mol. The third kappa shape index (κ3) is 4.54. The number of aromatic nitrogens is 1. The van der Waals surface area contributed by atoms with Crippen LogP contribution in [0.4, 0.5) is 5.69 Å². The van der Waals surface area contributed by atoms with Crippen LogP contribution in [0.5, 0.6) is 0 Å². The molecule has 7 heteroatoms. The van der Waals surface area contributed by atoms with E-state index in [0.29, 0.717) is 27.2 Å². The first-order valence-electron chi connectivity index (χ1n) is 8.45. The fraction of sp³-hybridized carbons (Fsp3) is 0.316. The minimum atomic E-state index is -0.426. The third-order valence-electron chi connectivity index (χ3n) is 4.30. The Morgan fingerprint density at radius 1 is 1.19 bits per heavy atom. The molecule has 2 amide bonds. The lowest BCUT2D eigenvalue weighted by Gasteiger charge is -2.31. The summed E-state index contributed by atoms with van der Waals surface area (Å²) < 4.78 is 0. The smallest absolute Gasteiger partial charge is 0.274 e. The second-order valence-electron chi connectivity index (χ2n) is 6.54. The first-order chi connectivity index (χ1) is 12.4. The molecule has 0 bridgehead atoms. The third-order valence-corrected chi connectivity index (χ3v) is 4.74. The van der Waals surface area contributed by atoms with Crippen molar-refractivity contribution in [3.05, 3.63) is 57.8 Å². The Hall–Kier alpha value is -2.11. The average Bonchev–Trinajstić information content (AvgIpc) is 2.60. The summed E-state index contributed by atoms with van der Waals surface area (Å²) in [6, 6.07) is 7.92. The van der Waals surface area contributed by atoms with Crippen LogP contribution in [0.25, 0.3) is 0 Å². The predicted molar refractivity (Wildman–Crippen MR) is 103 cm³/mol. The summed E-state index contributed by atoms with van der Waals surface area (Å²) in [7, 11) is 0. The minimum absolute atomic E-state index is 0.0706. The van der Waals surface area contributed by atoms with Crippen LogP contribution in [-0.4, -0.2) is 34.8 Å². The highest BCUT2D eigenvalue weighted by atomic mass is 35.5. The second kappa shape index (κ2) is 8.06. The van der Waals surface area contributed by atoms with E-state index in [1.165, 1.54) is 12.3 Å². The molecule has 0 aliphatic carbocycles. The molecule has 1 unspecified atom stereocenters. The van der Waals surface area contributed by atoms with E-state index in [1.54, 1.807) is 24.3 Å². The van der Waals surface area contributed by atoms with Gasteiger partial charge in [0.1, 0.15) is 5.69 Å². The van der Waals surface area contributed by atoms with Crippen molar-refractivity contribution in [2.75, 3.05) is 18.4 Å². The van der Waals surface area contributed by atoms with Crippen molar-refractivity contribution in [2.24, 2.45) is 5.92 Å². The summed E-state index contributed by atoms with van der Waals surface area (Å²) in [6.07, 6.45) is 3.61. The Kier molecular flexibility index (Phi) is 5.79. The number of anilines is 1. The summed E-state index contributed by atoms with van der Waals surface area (Å²) in [5.74, 6) is -0.00585. The van der Waals surface area contributed by atoms with Gasteiger partial charge in [-0.1, -0.05) is 30.1 Å². The van der Waals surface area contributed by atoms with Gasteiger partial charge in [-0.3, -0.25) is 14.6 Å². The van der Waals surface area contributed by atoms with Gasteiger partial charge in [0, 0.05) is 40.6 Å². The first kappa shape index (κ1) is 18.7. The number of hydrogen-bond donors (Lipinski definition) is 1. The molecule has 1 aromatic carbocycles. The number of nitrogens with zero attached hydrogens (tertiary/aromatic N) is 2. The number of halogens is 2. The molecule has 1 aliphatic heterocycles. The van der Waals surface area contributed by atoms with E-state index in [9.17, 15) is 9.59 Å². The summed E-state index contributed by atoms with van der Waals surface area (Å²) in [4.78, 5) is 31.1. The van der Waals surface area contributed by atoms with Gasteiger partial charge in [0.2, 0.25) is 0 Å². The average molecular weight is 392 g/mol. The van der Waals surface area contributed by atoms with Crippen LogP contribution in [-0.2, 0) is 0 Å². The maximum atomic E-state index is 12.7. The van der Waals surface area contributed by atoms with Gasteiger partial charge in [-0.2, -0.15) is 0 Å². The van der Waals surface area contributed by atoms with Crippen LogP contribution in [0.2, 0.25) is 10.0 Å². The number of rotatable bonds is 3. The van der Waals surface area contributed by atoms with Gasteiger partial charge in [0.25, 0.3) is 11.8 Å². The largest absolute Gasteiger partial charge is 0.338 e. The molecule has 0 radical (unpaired) electrons. The maximum absolute atomic E-state index is 12.7. The van der Waals surface area contributed by atoms with Gasteiger partial charge in [-0.25, -0.2) is 0 Å². The Morgan fingerprint density at radius 3 is 2.62 bits per heavy atom. The van der Waals surface area contributed by atoms with Crippen molar-refractivity contribution in [1.29, 1.82) is 0 Å². The lowest BCUT2D eigenvalue weighted by molar-refractivity contribution is 0.0683. The highest BCUT2D eigenvalue weighted by Crippen LogP contribution is 2.23. The van der Waals surface area contributed by atoms with Crippen molar-refractivity contribution in [2.45, 2.75) is 19.8 Å². The number of carbonyl (C=O) groups is 2. The van der Waals surface area contributed by atoms with Crippen molar-refractivity contribution in [1.82, 2.24) is 9.88 Å². The van der Waals surface area contributed by atoms with Crippen LogP contribution in [0, 0.1) is 5.92 Å². The van der Waals surface area contributed by atoms with Crippen LogP contribution in [0.15, 0.2) is 36.5 Å². The molecule has 2 aromatic rings. The van der Waals surface area contributed by atoms with E-state index in [-0.39, 0.29) is 11.6 Å². The molecule has 1 atom stereocenters. The lowest BCUT2D eigenvalue weighted by Crippen LogP contribution is -2.39. The molecule has 0 saturated carbocycles. The number of nitrogens with one attached hydrogen (secondary N) is 1. The number of amides is 2. The van der Waals surface area contributed by atoms with Gasteiger partial charge in [0.05, 0.1) is 0 Å². The highest BCUT2D eigenvalue weighted by Gasteiger charge is 2.23. The molecular formula is C19H19Cl2N3O2. The molecule has 1 N–H and O–H groups in total. The molecule has 5 nitrogen and oxygen atoms in total. The first-order valence-corrected chi connectivity index (χ1v) is 9.21. The zero-order valence-corrected chi connectivity index (χ0v) is 15.8. The zero-order chi connectivity index (χ0) is 18.7. The number of likely N-dealkylation sites (tertiary alicyclic amines) is 1. The molecule has 2 heterocycles. The SMILES string of the molecule is CC1CCCN(C(=O)c2ccnc(C(=O)Nc3cc(Cl)cc(Cl)c3)c2)C1. The predicted octanol–water partition coefficient (Wildman–Crippen LogP) is 4.51. The topological polar surface area (TPSA) is 62.3 Å². The lowest BCUT2D eigenvalue weighted by atomic mass is 9.99. The molecule has 1 saturated heterocycles. The molecule has 26 heavy (non-hydrogen) atoms. The van der Waals surface area contributed by atoms with Gasteiger partial charge in [-0.05, 0) is 49.1 Å². The number of hydrogen-bond acceptors (Lipinski definition) is 3. The number of piperidine rings is 1. The standard InChI is InChI=1S/C19H19Cl2N3O2/c1-12-3-2-6-24(11-12)19(26)13-4-5-22-17(7-13)18(25)23-16-9-14(20)8-15(21)10-16/h4-5,7-10,12H,2-3,6,11H2,1H3,(H,23,25). The van der Waals surface area contributed by atoms with E-state index in [2.05, 4.69) is 17.2 Å². The van der Waals surface area contributed by atoms with Gasteiger partial charge >= 0.3 is 0 Å². The van der Waals surface area contributed by atoms with E-state index in [4.69, 9.17) is 23.2 Å². The second-order valence-corrected chi connectivity index (χ2v) is 7.41. The summed E-state index contributed by atoms with van der Waals surface area (Å²) >= 11 is 11.9. The summed E-state index contributed by atoms with van der Waals surface area (Å²) in [6.45, 7) is 3.62. The van der Waals surface area contributed by atoms with Crippen molar-refractivity contribution in [3.63, 3.8) is 0 Å². The van der Waals surface area contributed by atoms with E-state index < -0.39 is 5.91 Å². The van der Waals surface area contributed by atoms with Crippen molar-refractivity contribution < 1.29 is 9.59 Å². The van der Waals surface area contributed by atoms with Gasteiger partial charge in [-0.15, -0.1) is 0 Å². The quantitative estimate of drug-likeness (QED) is 0.836. The number of pyridine rings is 1. The highest BCUT2D eigenvalue weighted by molar-refractivity contribution is 6.35. The van der Waals surface area contributed by atoms with E-state index in [1.807, 2.05) is 4.90 Å². The van der Waals surface area contributed by atoms with Crippen molar-refractivity contribution >= 4 is 40.7 Å². The molecule has 1 aliphatic rings. The summed E-state index contributed by atoms with van der Waals surface area (Å²) in [5, 5.41) is 3.54. The normalized spacial score (nSPS) is 17.0. The molecule has 1 fully saturated rings. The van der Waals surface area contributed by atoms with E-state index >= 15 is 0 Å². The van der Waals surface area contributed by atoms with Gasteiger partial charge in [0.15, 0.2) is 0 Å². The van der Waals surface area contributed by atoms with E-state index in [0.717, 1.165) is 25.9 Å². The number of carbonyl (C=O) groups excluding carboxylic acids is 2.